The maximum atomic E-state index is 13.4. The molecule has 0 atom stereocenters. The molecule has 0 saturated heterocycles. The van der Waals surface area contributed by atoms with Crippen LogP contribution in [0.2, 0.25) is 0 Å². The molecular formula is C32H35N4O4-. The van der Waals surface area contributed by atoms with Crippen LogP contribution in [0, 0.1) is 24.8 Å². The monoisotopic (exact) mass is 539 g/mol. The first-order valence-electron chi connectivity index (χ1n) is 14.1. The second kappa shape index (κ2) is 12.3. The molecule has 2 saturated carbocycles. The van der Waals surface area contributed by atoms with E-state index in [1.807, 2.05) is 13.0 Å². The van der Waals surface area contributed by atoms with E-state index in [9.17, 15) is 24.8 Å². The van der Waals surface area contributed by atoms with Crippen LogP contribution >= 0.6 is 0 Å². The van der Waals surface area contributed by atoms with Crippen molar-refractivity contribution < 1.29 is 14.7 Å². The number of hydrogen-bond donors (Lipinski definition) is 0. The van der Waals surface area contributed by atoms with Crippen molar-refractivity contribution in [2.24, 2.45) is 0 Å². The van der Waals surface area contributed by atoms with Gasteiger partial charge in [0.05, 0.1) is 6.57 Å². The van der Waals surface area contributed by atoms with Gasteiger partial charge in [-0.05, 0) is 69.5 Å². The van der Waals surface area contributed by atoms with Gasteiger partial charge in [0, 0.05) is 23.2 Å². The molecule has 0 aromatic carbocycles. The zero-order valence-corrected chi connectivity index (χ0v) is 23.5. The average molecular weight is 540 g/mol. The summed E-state index contributed by atoms with van der Waals surface area (Å²) in [4.78, 5) is 44.6. The molecule has 8 nitrogen and oxygen atoms in total. The normalized spacial score (nSPS) is 20.9. The number of aromatic nitrogens is 1. The van der Waals surface area contributed by atoms with Crippen molar-refractivity contribution in [2.75, 3.05) is 0 Å². The first kappa shape index (κ1) is 28.8. The molecule has 40 heavy (non-hydrogen) atoms. The second-order valence-corrected chi connectivity index (χ2v) is 11.0. The van der Waals surface area contributed by atoms with Crippen molar-refractivity contribution in [1.29, 1.82) is 5.26 Å². The van der Waals surface area contributed by atoms with Gasteiger partial charge in [-0.2, -0.15) is 5.26 Å². The maximum Gasteiger partial charge on any atom is 0.271 e. The smallest absolute Gasteiger partial charge is 0.271 e. The SMILES string of the molecule is [C-]#[N+]c1c(C)c(C=CC(C)=C/C=C2\C(=O)N(C3CCCCC3)C(=O)C(C#N)=C2C)c(=O)n(C2CCCCC2)c1[O-]. The van der Waals surface area contributed by atoms with E-state index in [1.54, 1.807) is 38.2 Å². The number of allylic oxidation sites excluding steroid dienone is 4. The van der Waals surface area contributed by atoms with Gasteiger partial charge in [0.25, 0.3) is 17.4 Å². The molecule has 3 aliphatic rings. The lowest BCUT2D eigenvalue weighted by molar-refractivity contribution is -0.279. The molecule has 208 valence electrons. The minimum absolute atomic E-state index is 0.0127. The van der Waals surface area contributed by atoms with Gasteiger partial charge in [-0.1, -0.05) is 62.3 Å². The van der Waals surface area contributed by atoms with E-state index >= 15 is 0 Å². The summed E-state index contributed by atoms with van der Waals surface area (Å²) in [6.07, 6.45) is 15.6. The number of amides is 2. The molecule has 1 aliphatic heterocycles. The van der Waals surface area contributed by atoms with Gasteiger partial charge < -0.3 is 9.67 Å². The lowest BCUT2D eigenvalue weighted by Gasteiger charge is -2.36. The van der Waals surface area contributed by atoms with Crippen molar-refractivity contribution in [3.8, 4) is 11.9 Å². The summed E-state index contributed by atoms with van der Waals surface area (Å²) in [6, 6.07) is 1.60. The molecule has 2 heterocycles. The van der Waals surface area contributed by atoms with E-state index in [-0.39, 0.29) is 34.8 Å². The van der Waals surface area contributed by atoms with Crippen LogP contribution in [-0.2, 0) is 9.59 Å². The highest BCUT2D eigenvalue weighted by atomic mass is 16.3. The summed E-state index contributed by atoms with van der Waals surface area (Å²) < 4.78 is 1.27. The highest BCUT2D eigenvalue weighted by Gasteiger charge is 2.39. The molecule has 0 spiro atoms. The Morgan fingerprint density at radius 1 is 1.00 bits per heavy atom. The van der Waals surface area contributed by atoms with Crippen LogP contribution in [0.5, 0.6) is 5.88 Å². The van der Waals surface area contributed by atoms with Gasteiger partial charge in [-0.3, -0.25) is 19.3 Å². The zero-order valence-electron chi connectivity index (χ0n) is 23.5. The van der Waals surface area contributed by atoms with Crippen LogP contribution < -0.4 is 10.7 Å². The van der Waals surface area contributed by atoms with Crippen LogP contribution in [0.25, 0.3) is 10.9 Å². The number of pyridine rings is 1. The number of carbonyl (C=O) groups excluding carboxylic acids is 2. The molecule has 2 aliphatic carbocycles. The van der Waals surface area contributed by atoms with E-state index in [1.165, 1.54) is 9.47 Å². The Labute approximate surface area is 235 Å². The maximum absolute atomic E-state index is 13.4. The third-order valence-corrected chi connectivity index (χ3v) is 8.42. The summed E-state index contributed by atoms with van der Waals surface area (Å²) in [5.74, 6) is -1.42. The first-order chi connectivity index (χ1) is 19.2. The van der Waals surface area contributed by atoms with Gasteiger partial charge in [0.2, 0.25) is 0 Å². The number of hydrogen-bond acceptors (Lipinski definition) is 5. The third kappa shape index (κ3) is 5.45. The lowest BCUT2D eigenvalue weighted by Crippen LogP contribution is -2.49. The Hall–Kier alpha value is -4.17. The highest BCUT2D eigenvalue weighted by Crippen LogP contribution is 2.36. The summed E-state index contributed by atoms with van der Waals surface area (Å²) in [5.41, 5.74) is 1.62. The molecular weight excluding hydrogens is 504 g/mol. The Bertz CT molecular complexity index is 1480. The summed E-state index contributed by atoms with van der Waals surface area (Å²) in [6.45, 7) is 12.6. The zero-order chi connectivity index (χ0) is 29.0. The van der Waals surface area contributed by atoms with Crippen LogP contribution in [0.15, 0.2) is 45.3 Å². The number of rotatable bonds is 5. The largest absolute Gasteiger partial charge is 0.869 e. The lowest BCUT2D eigenvalue weighted by atomic mass is 9.89. The quantitative estimate of drug-likeness (QED) is 0.206. The molecule has 2 amide bonds. The Balaban J connectivity index is 1.69. The average Bonchev–Trinajstić information content (AvgIpc) is 2.94. The van der Waals surface area contributed by atoms with E-state index in [4.69, 9.17) is 6.57 Å². The van der Waals surface area contributed by atoms with Crippen LogP contribution in [0.3, 0.4) is 0 Å². The fourth-order valence-electron chi connectivity index (χ4n) is 6.07. The van der Waals surface area contributed by atoms with Gasteiger partial charge in [0.15, 0.2) is 5.69 Å². The molecule has 2 fully saturated rings. The van der Waals surface area contributed by atoms with Gasteiger partial charge in [0.1, 0.15) is 11.6 Å². The molecule has 0 N–H and O–H groups in total. The number of carbonyl (C=O) groups is 2. The van der Waals surface area contributed by atoms with Gasteiger partial charge >= 0.3 is 0 Å². The van der Waals surface area contributed by atoms with Crippen LogP contribution in [0.4, 0.5) is 5.69 Å². The van der Waals surface area contributed by atoms with Gasteiger partial charge in [-0.25, -0.2) is 4.85 Å². The Kier molecular flexibility index (Phi) is 8.90. The number of imide groups is 1. The Morgan fingerprint density at radius 2 is 1.60 bits per heavy atom. The van der Waals surface area contributed by atoms with E-state index < -0.39 is 11.8 Å². The predicted octanol–water partition coefficient (Wildman–Crippen LogP) is 5.71. The number of nitrogens with zero attached hydrogens (tertiary/aromatic N) is 4. The van der Waals surface area contributed by atoms with Crippen LogP contribution in [0.1, 0.15) is 95.2 Å². The summed E-state index contributed by atoms with van der Waals surface area (Å²) in [5, 5.41) is 22.7. The second-order valence-electron chi connectivity index (χ2n) is 11.0. The molecule has 0 bridgehead atoms. The van der Waals surface area contributed by atoms with Crippen molar-refractivity contribution >= 4 is 23.6 Å². The molecule has 1 aromatic heterocycles. The van der Waals surface area contributed by atoms with Crippen molar-refractivity contribution in [2.45, 2.75) is 97.1 Å². The standard InChI is InChI=1S/C32H36N4O4/c1-20(15-17-25-21(2)27(19-33)31(39)35(29(25)37)23-11-7-5-8-12-23)16-18-26-22(3)28(34-4)32(40)36(30(26)38)24-13-9-6-10-14-24/h15-18,23-24,40H,5-14H2,1-3H3/p-1/b18-16?,20-15?,25-17-. The van der Waals surface area contributed by atoms with Crippen molar-refractivity contribution in [3.05, 3.63) is 73.4 Å². The highest BCUT2D eigenvalue weighted by molar-refractivity contribution is 6.18. The van der Waals surface area contributed by atoms with E-state index in [2.05, 4.69) is 4.85 Å². The van der Waals surface area contributed by atoms with Gasteiger partial charge in [-0.15, -0.1) is 0 Å². The van der Waals surface area contributed by atoms with Crippen molar-refractivity contribution in [1.82, 2.24) is 9.47 Å². The predicted molar refractivity (Wildman–Crippen MR) is 151 cm³/mol. The van der Waals surface area contributed by atoms with E-state index in [0.29, 0.717) is 27.8 Å². The third-order valence-electron chi connectivity index (χ3n) is 8.42. The minimum Gasteiger partial charge on any atom is -0.869 e. The molecule has 4 rings (SSSR count). The summed E-state index contributed by atoms with van der Waals surface area (Å²) in [7, 11) is 0. The molecule has 1 aromatic rings. The van der Waals surface area contributed by atoms with Crippen LogP contribution in [-0.4, -0.2) is 27.3 Å². The number of nitriles is 1. The fraction of sp³-hybridized carbons (Fsp3) is 0.469. The summed E-state index contributed by atoms with van der Waals surface area (Å²) >= 11 is 0. The molecule has 8 heteroatoms. The first-order valence-corrected chi connectivity index (χ1v) is 14.1. The van der Waals surface area contributed by atoms with Crippen molar-refractivity contribution in [3.63, 3.8) is 0 Å². The Morgan fingerprint density at radius 3 is 2.17 bits per heavy atom. The molecule has 0 radical (unpaired) electrons. The van der Waals surface area contributed by atoms with E-state index in [0.717, 1.165) is 64.2 Å². The fourth-order valence-corrected chi connectivity index (χ4v) is 6.07. The molecule has 0 unspecified atom stereocenters. The topological polar surface area (TPSA) is 111 Å². The minimum atomic E-state index is -0.517.